The molecule has 0 amide bonds. The number of rotatable bonds is 20. The van der Waals surface area contributed by atoms with Gasteiger partial charge in [0.25, 0.3) is 0 Å². The second-order valence-electron chi connectivity index (χ2n) is 11.8. The molecule has 3 aromatic carbocycles. The Balaban J connectivity index is 1.48. The van der Waals surface area contributed by atoms with E-state index in [2.05, 4.69) is 31.2 Å². The SMILES string of the molecule is CCCCCCCCCCc1ccc(-c2ccc(C(=O)Oc3ccc(C(=O)OC(C)C(F)C(F)CCCCF)cc3F)cc2)cc1. The Kier molecular flexibility index (Phi) is 15.8. The smallest absolute Gasteiger partial charge is 0.343 e. The van der Waals surface area contributed by atoms with Crippen molar-refractivity contribution in [3.05, 3.63) is 89.2 Å². The van der Waals surface area contributed by atoms with E-state index in [-0.39, 0.29) is 30.4 Å². The van der Waals surface area contributed by atoms with Crippen LogP contribution in [0.1, 0.15) is 111 Å². The number of unbranched alkanes of at least 4 members (excludes halogenated alkanes) is 8. The Bertz CT molecular complexity index is 1340. The molecule has 0 aliphatic carbocycles. The van der Waals surface area contributed by atoms with Crippen LogP contribution in [0.25, 0.3) is 11.1 Å². The fraction of sp³-hybridized carbons (Fsp3) is 0.474. The molecular formula is C38H46F4O4. The maximum atomic E-state index is 14.7. The van der Waals surface area contributed by atoms with Crippen molar-refractivity contribution in [3.63, 3.8) is 0 Å². The minimum absolute atomic E-state index is 0.122. The van der Waals surface area contributed by atoms with Crippen molar-refractivity contribution in [1.29, 1.82) is 0 Å². The number of esters is 2. The van der Waals surface area contributed by atoms with E-state index in [1.54, 1.807) is 24.3 Å². The molecule has 0 fully saturated rings. The summed E-state index contributed by atoms with van der Waals surface area (Å²) in [5.74, 6) is -3.23. The van der Waals surface area contributed by atoms with Crippen LogP contribution in [-0.2, 0) is 11.2 Å². The van der Waals surface area contributed by atoms with E-state index in [1.807, 2.05) is 0 Å². The van der Waals surface area contributed by atoms with E-state index in [4.69, 9.17) is 9.47 Å². The summed E-state index contributed by atoms with van der Waals surface area (Å²) in [7, 11) is 0. The molecule has 46 heavy (non-hydrogen) atoms. The highest BCUT2D eigenvalue weighted by Gasteiger charge is 2.29. The number of carbonyl (C=O) groups excluding carboxylic acids is 2. The molecule has 3 aromatic rings. The lowest BCUT2D eigenvalue weighted by Gasteiger charge is -2.20. The normalized spacial score (nSPS) is 13.2. The first kappa shape index (κ1) is 36.8. The predicted molar refractivity (Wildman–Crippen MR) is 174 cm³/mol. The van der Waals surface area contributed by atoms with Crippen molar-refractivity contribution in [3.8, 4) is 16.9 Å². The average Bonchev–Trinajstić information content (AvgIpc) is 3.06. The predicted octanol–water partition coefficient (Wildman–Crippen LogP) is 10.8. The van der Waals surface area contributed by atoms with Crippen molar-refractivity contribution < 1.29 is 36.6 Å². The van der Waals surface area contributed by atoms with Crippen molar-refractivity contribution in [2.24, 2.45) is 0 Å². The van der Waals surface area contributed by atoms with E-state index < -0.39 is 48.6 Å². The molecule has 4 nitrogen and oxygen atoms in total. The quantitative estimate of drug-likeness (QED) is 0.0533. The van der Waals surface area contributed by atoms with Crippen LogP contribution in [0, 0.1) is 5.82 Å². The van der Waals surface area contributed by atoms with E-state index >= 15 is 0 Å². The van der Waals surface area contributed by atoms with Gasteiger partial charge in [0, 0.05) is 0 Å². The number of alkyl halides is 3. The average molecular weight is 643 g/mol. The zero-order chi connectivity index (χ0) is 33.3. The Labute approximate surface area is 270 Å². The van der Waals surface area contributed by atoms with Gasteiger partial charge < -0.3 is 9.47 Å². The topological polar surface area (TPSA) is 52.6 Å². The minimum Gasteiger partial charge on any atom is -0.456 e. The van der Waals surface area contributed by atoms with Crippen molar-refractivity contribution >= 4 is 11.9 Å². The molecule has 3 atom stereocenters. The number of ether oxygens (including phenoxy) is 2. The zero-order valence-electron chi connectivity index (χ0n) is 26.9. The van der Waals surface area contributed by atoms with Gasteiger partial charge in [0.1, 0.15) is 12.3 Å². The summed E-state index contributed by atoms with van der Waals surface area (Å²) < 4.78 is 65.4. The van der Waals surface area contributed by atoms with Crippen LogP contribution in [0.3, 0.4) is 0 Å². The number of hydrogen-bond donors (Lipinski definition) is 0. The Morgan fingerprint density at radius 3 is 1.91 bits per heavy atom. The third-order valence-electron chi connectivity index (χ3n) is 8.05. The molecule has 0 saturated heterocycles. The highest BCUT2D eigenvalue weighted by Crippen LogP contribution is 2.25. The highest BCUT2D eigenvalue weighted by atomic mass is 19.2. The van der Waals surface area contributed by atoms with Gasteiger partial charge in [0.15, 0.2) is 17.7 Å². The van der Waals surface area contributed by atoms with Crippen LogP contribution < -0.4 is 4.74 Å². The minimum atomic E-state index is -2.11. The number of aryl methyl sites for hydroxylation is 1. The lowest BCUT2D eigenvalue weighted by Crippen LogP contribution is -2.33. The maximum Gasteiger partial charge on any atom is 0.343 e. The summed E-state index contributed by atoms with van der Waals surface area (Å²) in [4.78, 5) is 25.1. The summed E-state index contributed by atoms with van der Waals surface area (Å²) in [6, 6.07) is 18.2. The maximum absolute atomic E-state index is 14.7. The molecule has 0 spiro atoms. The zero-order valence-corrected chi connectivity index (χ0v) is 26.9. The molecule has 250 valence electrons. The van der Waals surface area contributed by atoms with Gasteiger partial charge in [-0.15, -0.1) is 0 Å². The fourth-order valence-electron chi connectivity index (χ4n) is 5.18. The Morgan fingerprint density at radius 2 is 1.30 bits per heavy atom. The third-order valence-corrected chi connectivity index (χ3v) is 8.05. The molecule has 0 radical (unpaired) electrons. The van der Waals surface area contributed by atoms with Gasteiger partial charge in [-0.1, -0.05) is 88.3 Å². The number of hydrogen-bond acceptors (Lipinski definition) is 4. The van der Waals surface area contributed by atoms with E-state index in [9.17, 15) is 27.2 Å². The van der Waals surface area contributed by atoms with Gasteiger partial charge in [-0.2, -0.15) is 0 Å². The summed E-state index contributed by atoms with van der Waals surface area (Å²) in [6.07, 6.45) is 6.01. The number of benzene rings is 3. The molecule has 3 unspecified atom stereocenters. The summed E-state index contributed by atoms with van der Waals surface area (Å²) >= 11 is 0. The highest BCUT2D eigenvalue weighted by molar-refractivity contribution is 5.92. The standard InChI is InChI=1S/C38H46F4O4/c1-3-4-5-6-7-8-9-10-13-28-15-17-29(18-16-28)30-19-21-31(22-20-30)37(43)46-35-24-23-32(26-34(35)41)38(44)45-27(2)36(42)33(40)14-11-12-25-39/h15-24,26-27,33,36H,3-14,25H2,1-2H3. The molecule has 0 bridgehead atoms. The van der Waals surface area contributed by atoms with E-state index in [0.717, 1.165) is 29.7 Å². The van der Waals surface area contributed by atoms with Crippen LogP contribution in [0.2, 0.25) is 0 Å². The first-order valence-corrected chi connectivity index (χ1v) is 16.5. The molecule has 8 heteroatoms. The molecule has 0 aromatic heterocycles. The lowest BCUT2D eigenvalue weighted by atomic mass is 10.00. The van der Waals surface area contributed by atoms with Gasteiger partial charge in [0.05, 0.1) is 17.8 Å². The Morgan fingerprint density at radius 1 is 0.717 bits per heavy atom. The number of halogens is 4. The van der Waals surface area contributed by atoms with Crippen LogP contribution in [0.5, 0.6) is 5.75 Å². The Hall–Kier alpha value is -3.68. The lowest BCUT2D eigenvalue weighted by molar-refractivity contribution is -0.00771. The van der Waals surface area contributed by atoms with Gasteiger partial charge in [-0.25, -0.2) is 22.8 Å². The van der Waals surface area contributed by atoms with Gasteiger partial charge >= 0.3 is 11.9 Å². The monoisotopic (exact) mass is 642 g/mol. The van der Waals surface area contributed by atoms with E-state index in [1.165, 1.54) is 69.9 Å². The molecule has 3 rings (SSSR count). The molecule has 0 N–H and O–H groups in total. The second kappa shape index (κ2) is 19.7. The number of carbonyl (C=O) groups is 2. The summed E-state index contributed by atoms with van der Waals surface area (Å²) in [5, 5.41) is 0. The second-order valence-corrected chi connectivity index (χ2v) is 11.8. The molecule has 0 aliphatic rings. The first-order valence-electron chi connectivity index (χ1n) is 16.5. The van der Waals surface area contributed by atoms with Crippen molar-refractivity contribution in [1.82, 2.24) is 0 Å². The van der Waals surface area contributed by atoms with Gasteiger partial charge in [-0.05, 0) is 86.1 Å². The summed E-state index contributed by atoms with van der Waals surface area (Å²) in [6.45, 7) is 2.80. The molecule has 0 heterocycles. The third kappa shape index (κ3) is 11.9. The largest absolute Gasteiger partial charge is 0.456 e. The molecule has 0 aliphatic heterocycles. The van der Waals surface area contributed by atoms with Gasteiger partial charge in [0.2, 0.25) is 0 Å². The van der Waals surface area contributed by atoms with Crippen molar-refractivity contribution in [2.75, 3.05) is 6.67 Å². The van der Waals surface area contributed by atoms with Gasteiger partial charge in [-0.3, -0.25) is 4.39 Å². The molecule has 0 saturated carbocycles. The van der Waals surface area contributed by atoms with Crippen molar-refractivity contribution in [2.45, 2.75) is 109 Å². The van der Waals surface area contributed by atoms with Crippen LogP contribution in [0.15, 0.2) is 66.7 Å². The van der Waals surface area contributed by atoms with Crippen LogP contribution in [0.4, 0.5) is 17.6 Å². The van der Waals surface area contributed by atoms with Crippen LogP contribution in [-0.4, -0.2) is 37.1 Å². The molecular weight excluding hydrogens is 596 g/mol. The first-order chi connectivity index (χ1) is 22.2. The van der Waals surface area contributed by atoms with Crippen LogP contribution >= 0.6 is 0 Å². The van der Waals surface area contributed by atoms with E-state index in [0.29, 0.717) is 0 Å². The fourth-order valence-corrected chi connectivity index (χ4v) is 5.18. The summed E-state index contributed by atoms with van der Waals surface area (Å²) in [5.41, 5.74) is 3.20.